The van der Waals surface area contributed by atoms with Crippen molar-refractivity contribution in [1.82, 2.24) is 19.8 Å². The van der Waals surface area contributed by atoms with Crippen LogP contribution in [0.15, 0.2) is 73.2 Å². The van der Waals surface area contributed by atoms with Gasteiger partial charge in [0.25, 0.3) is 5.91 Å². The molecule has 2 amide bonds. The minimum Gasteiger partial charge on any atom is -0.492 e. The van der Waals surface area contributed by atoms with Crippen molar-refractivity contribution in [3.05, 3.63) is 84.3 Å². The second kappa shape index (κ2) is 14.1. The molecule has 44 heavy (non-hydrogen) atoms. The molecule has 8 nitrogen and oxygen atoms in total. The number of alkyl halides is 3. The van der Waals surface area contributed by atoms with Gasteiger partial charge >= 0.3 is 6.18 Å². The van der Waals surface area contributed by atoms with Crippen molar-refractivity contribution in [2.45, 2.75) is 51.2 Å². The van der Waals surface area contributed by atoms with E-state index < -0.39 is 24.9 Å². The van der Waals surface area contributed by atoms with E-state index in [1.807, 2.05) is 53.4 Å². The standard InChI is InChI=1S/C33H38F3N5O3/c34-33(35,36)13-11-30(42)40-19-14-32(15-20-40)12-6-18-39(29-23-37-16-17-38-29)21-22-41(24-26-7-2-1-3-8-26)31(43)27-9-4-5-10-28(27)44-25-32/h1-5,7-10,16-17,23H,6,11-15,18-22,24-25H2. The normalized spacial score (nSPS) is 18.1. The van der Waals surface area contributed by atoms with E-state index >= 15 is 0 Å². The highest BCUT2D eigenvalue weighted by molar-refractivity contribution is 5.97. The maximum Gasteiger partial charge on any atom is 0.389 e. The van der Waals surface area contributed by atoms with Gasteiger partial charge in [-0.15, -0.1) is 0 Å². The predicted molar refractivity (Wildman–Crippen MR) is 160 cm³/mol. The lowest BCUT2D eigenvalue weighted by molar-refractivity contribution is -0.150. The fraction of sp³-hybridized carbons (Fsp3) is 0.455. The number of halogens is 3. The lowest BCUT2D eigenvalue weighted by atomic mass is 9.75. The number of likely N-dealkylation sites (tertiary alicyclic amines) is 1. The van der Waals surface area contributed by atoms with Crippen molar-refractivity contribution in [3.8, 4) is 5.75 Å². The van der Waals surface area contributed by atoms with Gasteiger partial charge in [-0.2, -0.15) is 13.2 Å². The zero-order valence-electron chi connectivity index (χ0n) is 24.7. The Bertz CT molecular complexity index is 1380. The van der Waals surface area contributed by atoms with Gasteiger partial charge in [-0.1, -0.05) is 42.5 Å². The Labute approximate surface area is 255 Å². The monoisotopic (exact) mass is 609 g/mol. The summed E-state index contributed by atoms with van der Waals surface area (Å²) in [7, 11) is 0. The van der Waals surface area contributed by atoms with E-state index in [2.05, 4.69) is 14.9 Å². The van der Waals surface area contributed by atoms with Crippen LogP contribution in [0, 0.1) is 5.41 Å². The molecule has 1 saturated heterocycles. The first-order chi connectivity index (χ1) is 21.2. The first-order valence-electron chi connectivity index (χ1n) is 15.1. The topological polar surface area (TPSA) is 78.9 Å². The fourth-order valence-corrected chi connectivity index (χ4v) is 6.01. The Morgan fingerprint density at radius 1 is 0.909 bits per heavy atom. The smallest absolute Gasteiger partial charge is 0.389 e. The third kappa shape index (κ3) is 8.27. The first kappa shape index (κ1) is 31.3. The molecule has 0 saturated carbocycles. The summed E-state index contributed by atoms with van der Waals surface area (Å²) in [5.41, 5.74) is 1.19. The van der Waals surface area contributed by atoms with Crippen LogP contribution in [0.1, 0.15) is 54.4 Å². The summed E-state index contributed by atoms with van der Waals surface area (Å²) >= 11 is 0. The molecule has 1 aromatic heterocycles. The van der Waals surface area contributed by atoms with Crippen molar-refractivity contribution in [3.63, 3.8) is 0 Å². The van der Waals surface area contributed by atoms with Gasteiger partial charge in [-0.25, -0.2) is 4.98 Å². The zero-order valence-corrected chi connectivity index (χ0v) is 24.7. The minimum atomic E-state index is -4.36. The van der Waals surface area contributed by atoms with Crippen molar-refractivity contribution in [2.75, 3.05) is 44.2 Å². The quantitative estimate of drug-likeness (QED) is 0.367. The SMILES string of the molecule is O=C(CCC(F)(F)F)N1CCC2(CCCN(c3cnccn3)CCN(Cc3ccccc3)C(=O)c3ccccc3OC2)CC1. The van der Waals surface area contributed by atoms with Gasteiger partial charge in [0.2, 0.25) is 5.91 Å². The number of fused-ring (bicyclic) bond motifs is 1. The van der Waals surface area contributed by atoms with Gasteiger partial charge in [-0.05, 0) is 43.4 Å². The molecule has 2 aliphatic heterocycles. The maximum absolute atomic E-state index is 14.1. The Kier molecular flexibility index (Phi) is 10.0. The van der Waals surface area contributed by atoms with E-state index in [9.17, 15) is 22.8 Å². The van der Waals surface area contributed by atoms with Crippen LogP contribution in [-0.4, -0.2) is 77.1 Å². The van der Waals surface area contributed by atoms with Gasteiger partial charge < -0.3 is 19.4 Å². The molecule has 2 aromatic carbocycles. The van der Waals surface area contributed by atoms with Crippen LogP contribution in [0.4, 0.5) is 19.0 Å². The molecule has 1 spiro atoms. The van der Waals surface area contributed by atoms with Crippen LogP contribution in [0.25, 0.3) is 0 Å². The summed E-state index contributed by atoms with van der Waals surface area (Å²) in [4.78, 5) is 41.0. The average Bonchev–Trinajstić information content (AvgIpc) is 3.05. The summed E-state index contributed by atoms with van der Waals surface area (Å²) in [6.45, 7) is 3.21. The number of benzene rings is 2. The number of hydrogen-bond acceptors (Lipinski definition) is 6. The van der Waals surface area contributed by atoms with Crippen LogP contribution in [0.5, 0.6) is 5.75 Å². The number of amides is 2. The maximum atomic E-state index is 14.1. The van der Waals surface area contributed by atoms with Crippen LogP contribution in [0.3, 0.4) is 0 Å². The second-order valence-electron chi connectivity index (χ2n) is 11.6. The van der Waals surface area contributed by atoms with E-state index in [0.717, 1.165) is 24.2 Å². The molecule has 234 valence electrons. The van der Waals surface area contributed by atoms with Crippen LogP contribution in [-0.2, 0) is 11.3 Å². The second-order valence-corrected chi connectivity index (χ2v) is 11.6. The van der Waals surface area contributed by atoms with Crippen molar-refractivity contribution < 1.29 is 27.5 Å². The summed E-state index contributed by atoms with van der Waals surface area (Å²) in [6.07, 6.45) is 1.80. The first-order valence-corrected chi connectivity index (χ1v) is 15.1. The molecule has 0 atom stereocenters. The summed E-state index contributed by atoms with van der Waals surface area (Å²) in [5, 5.41) is 0. The molecule has 0 radical (unpaired) electrons. The number of aromatic nitrogens is 2. The molecule has 5 rings (SSSR count). The van der Waals surface area contributed by atoms with Gasteiger partial charge in [0.15, 0.2) is 0 Å². The number of hydrogen-bond donors (Lipinski definition) is 0. The van der Waals surface area contributed by atoms with Gasteiger partial charge in [0.1, 0.15) is 11.6 Å². The van der Waals surface area contributed by atoms with Crippen LogP contribution in [0.2, 0.25) is 0 Å². The Hall–Kier alpha value is -4.15. The highest BCUT2D eigenvalue weighted by Crippen LogP contribution is 2.38. The zero-order chi connectivity index (χ0) is 31.0. The molecule has 1 fully saturated rings. The van der Waals surface area contributed by atoms with E-state index in [0.29, 0.717) is 70.0 Å². The predicted octanol–water partition coefficient (Wildman–Crippen LogP) is 5.75. The van der Waals surface area contributed by atoms with E-state index in [4.69, 9.17) is 4.74 Å². The number of para-hydroxylation sites is 1. The van der Waals surface area contributed by atoms with Crippen LogP contribution < -0.4 is 9.64 Å². The number of anilines is 1. The average molecular weight is 610 g/mol. The number of nitrogens with zero attached hydrogens (tertiary/aromatic N) is 5. The van der Waals surface area contributed by atoms with E-state index in [1.165, 1.54) is 0 Å². The third-order valence-corrected chi connectivity index (χ3v) is 8.60. The van der Waals surface area contributed by atoms with E-state index in [-0.39, 0.29) is 11.3 Å². The molecule has 3 heterocycles. The number of ether oxygens (including phenoxy) is 1. The molecule has 2 aliphatic rings. The fourth-order valence-electron chi connectivity index (χ4n) is 6.01. The highest BCUT2D eigenvalue weighted by atomic mass is 19.4. The van der Waals surface area contributed by atoms with E-state index in [1.54, 1.807) is 29.6 Å². The lowest BCUT2D eigenvalue weighted by Gasteiger charge is -2.42. The van der Waals surface area contributed by atoms with Crippen LogP contribution >= 0.6 is 0 Å². The number of carbonyl (C=O) groups is 2. The summed E-state index contributed by atoms with van der Waals surface area (Å²) in [6, 6.07) is 17.1. The number of piperidine rings is 1. The Balaban J connectivity index is 1.39. The third-order valence-electron chi connectivity index (χ3n) is 8.60. The lowest BCUT2D eigenvalue weighted by Crippen LogP contribution is -2.46. The van der Waals surface area contributed by atoms with Crippen molar-refractivity contribution in [1.29, 1.82) is 0 Å². The summed E-state index contributed by atoms with van der Waals surface area (Å²) in [5.74, 6) is 0.627. The molecule has 11 heteroatoms. The number of rotatable bonds is 5. The molecular formula is C33H38F3N5O3. The Morgan fingerprint density at radius 3 is 2.39 bits per heavy atom. The molecule has 0 unspecified atom stereocenters. The Morgan fingerprint density at radius 2 is 1.66 bits per heavy atom. The van der Waals surface area contributed by atoms with Gasteiger partial charge in [0.05, 0.1) is 24.8 Å². The molecule has 0 N–H and O–H groups in total. The molecule has 0 bridgehead atoms. The van der Waals surface area contributed by atoms with Gasteiger partial charge in [-0.3, -0.25) is 14.6 Å². The van der Waals surface area contributed by atoms with Crippen molar-refractivity contribution in [2.24, 2.45) is 5.41 Å². The largest absolute Gasteiger partial charge is 0.492 e. The number of carbonyl (C=O) groups excluding carboxylic acids is 2. The molecular weight excluding hydrogens is 571 g/mol. The highest BCUT2D eigenvalue weighted by Gasteiger charge is 2.38. The minimum absolute atomic E-state index is 0.137. The molecule has 3 aromatic rings. The van der Waals surface area contributed by atoms with Gasteiger partial charge in [0, 0.05) is 63.5 Å². The summed E-state index contributed by atoms with van der Waals surface area (Å²) < 4.78 is 44.6. The molecule has 0 aliphatic carbocycles. The van der Waals surface area contributed by atoms with Crippen molar-refractivity contribution >= 4 is 17.6 Å².